The third-order valence-electron chi connectivity index (χ3n) is 2.97. The third-order valence-corrected chi connectivity index (χ3v) is 2.97. The fourth-order valence-corrected chi connectivity index (χ4v) is 1.92. The zero-order valence-electron chi connectivity index (χ0n) is 11.5. The van der Waals surface area contributed by atoms with Crippen molar-refractivity contribution >= 4 is 0 Å². The van der Waals surface area contributed by atoms with Crippen molar-refractivity contribution in [3.05, 3.63) is 41.2 Å². The fourth-order valence-electron chi connectivity index (χ4n) is 1.92. The van der Waals surface area contributed by atoms with Gasteiger partial charge in [0.25, 0.3) is 0 Å². The lowest BCUT2D eigenvalue weighted by Gasteiger charge is -2.12. The summed E-state index contributed by atoms with van der Waals surface area (Å²) in [5, 5.41) is 4.29. The molecule has 2 rings (SSSR count). The average molecular weight is 261 g/mol. The van der Waals surface area contributed by atoms with E-state index in [2.05, 4.69) is 5.10 Å². The summed E-state index contributed by atoms with van der Waals surface area (Å²) in [6.45, 7) is 2.85. The molecule has 19 heavy (non-hydrogen) atoms. The number of hydrogen-bond acceptors (Lipinski definition) is 4. The first kappa shape index (κ1) is 13.4. The number of aryl methyl sites for hydroxylation is 2. The predicted octanol–water partition coefficient (Wildman–Crippen LogP) is 1.77. The molecule has 0 atom stereocenters. The third kappa shape index (κ3) is 3.06. The Labute approximate surface area is 112 Å². The minimum atomic E-state index is 0.434. The Morgan fingerprint density at radius 3 is 2.68 bits per heavy atom. The van der Waals surface area contributed by atoms with Crippen LogP contribution in [0.3, 0.4) is 0 Å². The molecule has 0 spiro atoms. The van der Waals surface area contributed by atoms with Crippen molar-refractivity contribution in [1.82, 2.24) is 9.78 Å². The van der Waals surface area contributed by atoms with Gasteiger partial charge in [-0.05, 0) is 19.1 Å². The minimum absolute atomic E-state index is 0.434. The van der Waals surface area contributed by atoms with Gasteiger partial charge in [0.1, 0.15) is 18.1 Å². The van der Waals surface area contributed by atoms with Crippen molar-refractivity contribution in [2.24, 2.45) is 12.8 Å². The molecular formula is C14H19N3O2. The summed E-state index contributed by atoms with van der Waals surface area (Å²) < 4.78 is 12.8. The minimum Gasteiger partial charge on any atom is -0.497 e. The van der Waals surface area contributed by atoms with Crippen molar-refractivity contribution in [3.63, 3.8) is 0 Å². The molecule has 0 bridgehead atoms. The number of nitrogens with zero attached hydrogens (tertiary/aromatic N) is 2. The first-order valence-corrected chi connectivity index (χ1v) is 6.13. The van der Waals surface area contributed by atoms with Crippen LogP contribution in [0.5, 0.6) is 11.5 Å². The number of benzene rings is 1. The molecule has 0 aliphatic rings. The van der Waals surface area contributed by atoms with Crippen molar-refractivity contribution in [2.45, 2.75) is 20.1 Å². The molecule has 5 nitrogen and oxygen atoms in total. The molecule has 0 saturated heterocycles. The van der Waals surface area contributed by atoms with Gasteiger partial charge < -0.3 is 15.2 Å². The highest BCUT2D eigenvalue weighted by Crippen LogP contribution is 2.25. The fraction of sp³-hybridized carbons (Fsp3) is 0.357. The van der Waals surface area contributed by atoms with Gasteiger partial charge >= 0.3 is 0 Å². The second kappa shape index (κ2) is 5.75. The van der Waals surface area contributed by atoms with Gasteiger partial charge in [-0.2, -0.15) is 5.10 Å². The maximum absolute atomic E-state index is 5.83. The maximum atomic E-state index is 5.83. The summed E-state index contributed by atoms with van der Waals surface area (Å²) in [7, 11) is 3.53. The molecule has 1 aromatic carbocycles. The lowest BCUT2D eigenvalue weighted by molar-refractivity contribution is 0.289. The van der Waals surface area contributed by atoms with E-state index in [0.717, 1.165) is 28.5 Å². The molecule has 102 valence electrons. The summed E-state index contributed by atoms with van der Waals surface area (Å²) in [5.41, 5.74) is 8.66. The zero-order valence-corrected chi connectivity index (χ0v) is 11.5. The summed E-state index contributed by atoms with van der Waals surface area (Å²) in [6.07, 6.45) is 0. The van der Waals surface area contributed by atoms with E-state index in [-0.39, 0.29) is 0 Å². The second-order valence-corrected chi connectivity index (χ2v) is 4.37. The molecule has 0 radical (unpaired) electrons. The lowest BCUT2D eigenvalue weighted by Crippen LogP contribution is -2.06. The van der Waals surface area contributed by atoms with Crippen LogP contribution >= 0.6 is 0 Å². The van der Waals surface area contributed by atoms with Crippen LogP contribution in [-0.4, -0.2) is 16.9 Å². The summed E-state index contributed by atoms with van der Waals surface area (Å²) >= 11 is 0. The van der Waals surface area contributed by atoms with Crippen LogP contribution in [0.4, 0.5) is 0 Å². The molecule has 0 saturated carbocycles. The number of ether oxygens (including phenoxy) is 2. The van der Waals surface area contributed by atoms with Crippen molar-refractivity contribution in [3.8, 4) is 11.5 Å². The van der Waals surface area contributed by atoms with Crippen LogP contribution in [-0.2, 0) is 20.2 Å². The first-order chi connectivity index (χ1) is 9.13. The van der Waals surface area contributed by atoms with Crippen LogP contribution in [0.15, 0.2) is 24.3 Å². The Morgan fingerprint density at radius 2 is 2.11 bits per heavy atom. The molecule has 0 amide bonds. The zero-order chi connectivity index (χ0) is 13.8. The van der Waals surface area contributed by atoms with E-state index in [0.29, 0.717) is 13.2 Å². The van der Waals surface area contributed by atoms with Crippen LogP contribution in [0.25, 0.3) is 0 Å². The number of aromatic nitrogens is 2. The maximum Gasteiger partial charge on any atom is 0.130 e. The lowest BCUT2D eigenvalue weighted by atomic mass is 10.2. The standard InChI is InChI=1S/C14H19N3O2/c1-10-6-12(17(2)16-10)9-19-14-7-13(18-3)5-4-11(14)8-15/h4-7H,8-9,15H2,1-3H3. The topological polar surface area (TPSA) is 62.3 Å². The molecule has 0 aliphatic carbocycles. The van der Waals surface area contributed by atoms with E-state index < -0.39 is 0 Å². The van der Waals surface area contributed by atoms with E-state index in [1.807, 2.05) is 42.9 Å². The molecule has 1 aromatic heterocycles. The number of hydrogen-bond donors (Lipinski definition) is 1. The van der Waals surface area contributed by atoms with E-state index in [1.165, 1.54) is 0 Å². The van der Waals surface area contributed by atoms with Crippen LogP contribution in [0, 0.1) is 6.92 Å². The smallest absolute Gasteiger partial charge is 0.130 e. The monoisotopic (exact) mass is 261 g/mol. The average Bonchev–Trinajstić information content (AvgIpc) is 2.74. The highest BCUT2D eigenvalue weighted by atomic mass is 16.5. The van der Waals surface area contributed by atoms with Crippen LogP contribution in [0.1, 0.15) is 17.0 Å². The van der Waals surface area contributed by atoms with Gasteiger partial charge in [-0.15, -0.1) is 0 Å². The first-order valence-electron chi connectivity index (χ1n) is 6.13. The molecule has 0 unspecified atom stereocenters. The molecule has 2 N–H and O–H groups in total. The summed E-state index contributed by atoms with van der Waals surface area (Å²) in [4.78, 5) is 0. The van der Waals surface area contributed by atoms with Gasteiger partial charge in [0.15, 0.2) is 0 Å². The summed E-state index contributed by atoms with van der Waals surface area (Å²) in [6, 6.07) is 7.65. The van der Waals surface area contributed by atoms with Gasteiger partial charge in [-0.25, -0.2) is 0 Å². The molecule has 5 heteroatoms. The van der Waals surface area contributed by atoms with E-state index in [1.54, 1.807) is 7.11 Å². The molecule has 0 fully saturated rings. The normalized spacial score (nSPS) is 10.5. The Kier molecular flexibility index (Phi) is 4.06. The summed E-state index contributed by atoms with van der Waals surface area (Å²) in [5.74, 6) is 1.51. The van der Waals surface area contributed by atoms with Crippen molar-refractivity contribution in [1.29, 1.82) is 0 Å². The highest BCUT2D eigenvalue weighted by Gasteiger charge is 2.07. The van der Waals surface area contributed by atoms with E-state index in [9.17, 15) is 0 Å². The Balaban J connectivity index is 2.16. The molecule has 2 aromatic rings. The van der Waals surface area contributed by atoms with E-state index in [4.69, 9.17) is 15.2 Å². The molecular weight excluding hydrogens is 242 g/mol. The second-order valence-electron chi connectivity index (χ2n) is 4.37. The Morgan fingerprint density at radius 1 is 1.32 bits per heavy atom. The van der Waals surface area contributed by atoms with Gasteiger partial charge in [0.2, 0.25) is 0 Å². The van der Waals surface area contributed by atoms with Gasteiger partial charge in [-0.1, -0.05) is 6.07 Å². The SMILES string of the molecule is COc1ccc(CN)c(OCc2cc(C)nn2C)c1. The van der Waals surface area contributed by atoms with Gasteiger partial charge in [-0.3, -0.25) is 4.68 Å². The van der Waals surface area contributed by atoms with Crippen molar-refractivity contribution in [2.75, 3.05) is 7.11 Å². The number of nitrogens with two attached hydrogens (primary N) is 1. The van der Waals surface area contributed by atoms with Gasteiger partial charge in [0.05, 0.1) is 18.5 Å². The van der Waals surface area contributed by atoms with Crippen LogP contribution < -0.4 is 15.2 Å². The number of rotatable bonds is 5. The molecule has 1 heterocycles. The highest BCUT2D eigenvalue weighted by molar-refractivity contribution is 5.40. The Hall–Kier alpha value is -2.01. The quantitative estimate of drug-likeness (QED) is 0.891. The Bertz CT molecular complexity index is 564. The van der Waals surface area contributed by atoms with Gasteiger partial charge in [0, 0.05) is 25.2 Å². The predicted molar refractivity (Wildman–Crippen MR) is 73.2 cm³/mol. The van der Waals surface area contributed by atoms with E-state index >= 15 is 0 Å². The van der Waals surface area contributed by atoms with Crippen LogP contribution in [0.2, 0.25) is 0 Å². The molecule has 0 aliphatic heterocycles. The van der Waals surface area contributed by atoms with Crippen molar-refractivity contribution < 1.29 is 9.47 Å². The largest absolute Gasteiger partial charge is 0.497 e. The number of methoxy groups -OCH3 is 1.